The lowest BCUT2D eigenvalue weighted by Gasteiger charge is -2.24. The maximum atomic E-state index is 11.9. The highest BCUT2D eigenvalue weighted by atomic mass is 35.5. The number of hydrogen-bond donors (Lipinski definition) is 0. The van der Waals surface area contributed by atoms with Gasteiger partial charge in [0.15, 0.2) is 5.78 Å². The first-order valence-corrected chi connectivity index (χ1v) is 5.91. The van der Waals surface area contributed by atoms with Gasteiger partial charge in [-0.1, -0.05) is 11.6 Å². The van der Waals surface area contributed by atoms with Gasteiger partial charge in [-0.25, -0.2) is 0 Å². The lowest BCUT2D eigenvalue weighted by molar-refractivity contribution is -0.133. The van der Waals surface area contributed by atoms with Gasteiger partial charge in [-0.2, -0.15) is 0 Å². The molecule has 4 heteroatoms. The Morgan fingerprint density at radius 2 is 2.00 bits per heavy atom. The van der Waals surface area contributed by atoms with Crippen LogP contribution in [0.25, 0.3) is 5.76 Å². The molecule has 2 heterocycles. The number of carbonyl (C=O) groups excluding carboxylic acids is 1. The van der Waals surface area contributed by atoms with Crippen LogP contribution in [-0.4, -0.2) is 18.7 Å². The van der Waals surface area contributed by atoms with Crippen molar-refractivity contribution >= 4 is 23.1 Å². The van der Waals surface area contributed by atoms with Crippen molar-refractivity contribution in [2.75, 3.05) is 6.61 Å². The normalized spacial score (nSPS) is 27.4. The molecule has 0 aromatic heterocycles. The highest BCUT2D eigenvalue weighted by Gasteiger charge is 2.38. The van der Waals surface area contributed by atoms with Crippen molar-refractivity contribution < 1.29 is 14.3 Å². The Morgan fingerprint density at radius 3 is 2.76 bits per heavy atom. The number of fused-ring (bicyclic) bond motifs is 1. The van der Waals surface area contributed by atoms with Gasteiger partial charge in [-0.15, -0.1) is 0 Å². The van der Waals surface area contributed by atoms with Gasteiger partial charge in [0.1, 0.15) is 5.76 Å². The summed E-state index contributed by atoms with van der Waals surface area (Å²) in [6.45, 7) is 0.586. The predicted octanol–water partition coefficient (Wildman–Crippen LogP) is 2.64. The van der Waals surface area contributed by atoms with Crippen molar-refractivity contribution in [2.24, 2.45) is 5.92 Å². The number of halogens is 1. The highest BCUT2D eigenvalue weighted by molar-refractivity contribution is 6.30. The summed E-state index contributed by atoms with van der Waals surface area (Å²) in [5, 5.41) is 0.659. The topological polar surface area (TPSA) is 35.5 Å². The minimum Gasteiger partial charge on any atom is -0.463 e. The largest absolute Gasteiger partial charge is 0.463 e. The minimum absolute atomic E-state index is 0.0868. The summed E-state index contributed by atoms with van der Waals surface area (Å²) < 4.78 is 11.1. The second-order valence-electron chi connectivity index (χ2n) is 4.17. The van der Waals surface area contributed by atoms with Gasteiger partial charge in [0.05, 0.1) is 12.5 Å². The smallest absolute Gasteiger partial charge is 0.210 e. The van der Waals surface area contributed by atoms with E-state index in [0.717, 1.165) is 12.0 Å². The quantitative estimate of drug-likeness (QED) is 0.769. The Kier molecular flexibility index (Phi) is 2.65. The zero-order valence-corrected chi connectivity index (χ0v) is 9.81. The predicted molar refractivity (Wildman–Crippen MR) is 63.4 cm³/mol. The molecule has 1 aromatic carbocycles. The number of rotatable bonds is 1. The fourth-order valence-corrected chi connectivity index (χ4v) is 2.24. The molecule has 1 fully saturated rings. The molecule has 88 valence electrons. The summed E-state index contributed by atoms with van der Waals surface area (Å²) in [5.74, 6) is 0.518. The molecule has 3 nitrogen and oxygen atoms in total. The third-order valence-electron chi connectivity index (χ3n) is 3.05. The first-order valence-electron chi connectivity index (χ1n) is 5.54. The van der Waals surface area contributed by atoms with Crippen molar-refractivity contribution in [1.82, 2.24) is 0 Å². The maximum Gasteiger partial charge on any atom is 0.210 e. The second kappa shape index (κ2) is 4.17. The summed E-state index contributed by atoms with van der Waals surface area (Å²) in [7, 11) is 0. The standard InChI is InChI=1S/C13H11ClO3/c14-9-3-1-8(2-4-9)12-7-11(15)10-5-6-16-13(10)17-12/h1-4,7,10,13H,5-6H2/t10-,13-/m0/s1. The Morgan fingerprint density at radius 1 is 1.24 bits per heavy atom. The van der Waals surface area contributed by atoms with Gasteiger partial charge in [0, 0.05) is 16.7 Å². The molecule has 0 unspecified atom stereocenters. The molecule has 0 N–H and O–H groups in total. The first kappa shape index (κ1) is 10.8. The number of ketones is 1. The molecule has 0 aliphatic carbocycles. The number of ether oxygens (including phenoxy) is 2. The van der Waals surface area contributed by atoms with E-state index in [0.29, 0.717) is 17.4 Å². The molecule has 0 amide bonds. The first-order chi connectivity index (χ1) is 8.24. The Balaban J connectivity index is 1.91. The molecule has 2 atom stereocenters. The average Bonchev–Trinajstić information content (AvgIpc) is 2.78. The molecule has 1 saturated heterocycles. The Hall–Kier alpha value is -1.32. The van der Waals surface area contributed by atoms with Crippen molar-refractivity contribution in [3.63, 3.8) is 0 Å². The van der Waals surface area contributed by atoms with E-state index in [4.69, 9.17) is 21.1 Å². The van der Waals surface area contributed by atoms with Crippen LogP contribution in [-0.2, 0) is 14.3 Å². The molecule has 1 aromatic rings. The molecular weight excluding hydrogens is 240 g/mol. The third kappa shape index (κ3) is 1.96. The van der Waals surface area contributed by atoms with Gasteiger partial charge < -0.3 is 9.47 Å². The summed E-state index contributed by atoms with van der Waals surface area (Å²) in [4.78, 5) is 11.9. The molecular formula is C13H11ClO3. The number of hydrogen-bond acceptors (Lipinski definition) is 3. The zero-order chi connectivity index (χ0) is 11.8. The van der Waals surface area contributed by atoms with E-state index in [1.165, 1.54) is 0 Å². The van der Waals surface area contributed by atoms with Crippen molar-refractivity contribution in [2.45, 2.75) is 12.7 Å². The average molecular weight is 251 g/mol. The molecule has 0 spiro atoms. The van der Waals surface area contributed by atoms with E-state index in [-0.39, 0.29) is 11.7 Å². The van der Waals surface area contributed by atoms with E-state index in [2.05, 4.69) is 0 Å². The van der Waals surface area contributed by atoms with Gasteiger partial charge in [0.2, 0.25) is 6.29 Å². The van der Waals surface area contributed by atoms with Crippen LogP contribution < -0.4 is 0 Å². The van der Waals surface area contributed by atoms with Gasteiger partial charge in [0.25, 0.3) is 0 Å². The molecule has 0 bridgehead atoms. The van der Waals surface area contributed by atoms with Crippen LogP contribution in [0.2, 0.25) is 5.02 Å². The fourth-order valence-electron chi connectivity index (χ4n) is 2.12. The number of allylic oxidation sites excluding steroid dienone is 1. The lowest BCUT2D eigenvalue weighted by atomic mass is 9.98. The van der Waals surface area contributed by atoms with Gasteiger partial charge in [-0.3, -0.25) is 4.79 Å². The molecule has 2 aliphatic heterocycles. The van der Waals surface area contributed by atoms with Crippen LogP contribution in [0.5, 0.6) is 0 Å². The van der Waals surface area contributed by atoms with Crippen LogP contribution in [0.4, 0.5) is 0 Å². The maximum absolute atomic E-state index is 11.9. The van der Waals surface area contributed by atoms with Crippen molar-refractivity contribution in [1.29, 1.82) is 0 Å². The summed E-state index contributed by atoms with van der Waals surface area (Å²) in [6, 6.07) is 7.20. The SMILES string of the molecule is O=C1C=C(c2ccc(Cl)cc2)O[C@@H]2OCC[C@@H]12. The highest BCUT2D eigenvalue weighted by Crippen LogP contribution is 2.33. The molecule has 0 radical (unpaired) electrons. The molecule has 3 rings (SSSR count). The number of carbonyl (C=O) groups is 1. The van der Waals surface area contributed by atoms with Crippen molar-refractivity contribution in [3.05, 3.63) is 40.9 Å². The van der Waals surface area contributed by atoms with Crippen LogP contribution in [0, 0.1) is 5.92 Å². The van der Waals surface area contributed by atoms with E-state index >= 15 is 0 Å². The van der Waals surface area contributed by atoms with Crippen LogP contribution in [0.15, 0.2) is 30.3 Å². The van der Waals surface area contributed by atoms with E-state index in [9.17, 15) is 4.79 Å². The van der Waals surface area contributed by atoms with E-state index < -0.39 is 6.29 Å². The summed E-state index contributed by atoms with van der Waals surface area (Å²) in [5.41, 5.74) is 0.844. The summed E-state index contributed by atoms with van der Waals surface area (Å²) in [6.07, 6.45) is 1.88. The van der Waals surface area contributed by atoms with Gasteiger partial charge in [-0.05, 0) is 30.7 Å². The minimum atomic E-state index is -0.418. The van der Waals surface area contributed by atoms with E-state index in [1.807, 2.05) is 12.1 Å². The van der Waals surface area contributed by atoms with Crippen LogP contribution in [0.3, 0.4) is 0 Å². The second-order valence-corrected chi connectivity index (χ2v) is 4.61. The lowest BCUT2D eigenvalue weighted by Crippen LogP contribution is -2.29. The Bertz CT molecular complexity index is 478. The van der Waals surface area contributed by atoms with Crippen LogP contribution >= 0.6 is 11.6 Å². The fraction of sp³-hybridized carbons (Fsp3) is 0.308. The monoisotopic (exact) mass is 250 g/mol. The van der Waals surface area contributed by atoms with E-state index in [1.54, 1.807) is 18.2 Å². The van der Waals surface area contributed by atoms with Gasteiger partial charge >= 0.3 is 0 Å². The Labute approximate surface area is 104 Å². The third-order valence-corrected chi connectivity index (χ3v) is 3.30. The van der Waals surface area contributed by atoms with Crippen molar-refractivity contribution in [3.8, 4) is 0 Å². The molecule has 17 heavy (non-hydrogen) atoms. The zero-order valence-electron chi connectivity index (χ0n) is 9.06. The molecule has 2 aliphatic rings. The van der Waals surface area contributed by atoms with Crippen LogP contribution in [0.1, 0.15) is 12.0 Å². The number of benzene rings is 1. The molecule has 0 saturated carbocycles. The summed E-state index contributed by atoms with van der Waals surface area (Å²) >= 11 is 5.82.